The first-order chi connectivity index (χ1) is 43.5. The van der Waals surface area contributed by atoms with Gasteiger partial charge >= 0.3 is 5.97 Å². The van der Waals surface area contributed by atoms with Crippen LogP contribution in [-0.2, 0) is 14.3 Å². The Labute approximate surface area is 549 Å². The molecule has 2 unspecified atom stereocenters. The van der Waals surface area contributed by atoms with Crippen molar-refractivity contribution >= 4 is 11.9 Å². The number of hydrogen-bond donors (Lipinski definition) is 3. The molecule has 0 aromatic carbocycles. The Morgan fingerprint density at radius 3 is 0.886 bits per heavy atom. The zero-order chi connectivity index (χ0) is 63.5. The summed E-state index contributed by atoms with van der Waals surface area (Å²) in [6.45, 7) is 4.91. The normalized spacial score (nSPS) is 12.8. The Kier molecular flexibility index (Phi) is 74.9. The van der Waals surface area contributed by atoms with Gasteiger partial charge < -0.3 is 20.3 Å². The quantitative estimate of drug-likeness (QED) is 0.0320. The predicted octanol–water partition coefficient (Wildman–Crippen LogP) is 26.2. The molecule has 0 spiro atoms. The molecule has 0 radical (unpaired) electrons. The maximum atomic E-state index is 12.5. The molecule has 0 aliphatic heterocycles. The monoisotopic (exact) mass is 1230 g/mol. The van der Waals surface area contributed by atoms with E-state index >= 15 is 0 Å². The summed E-state index contributed by atoms with van der Waals surface area (Å²) in [4.78, 5) is 24.6. The number of nitrogens with one attached hydrogen (secondary N) is 1. The van der Waals surface area contributed by atoms with Gasteiger partial charge in [0, 0.05) is 12.8 Å². The van der Waals surface area contributed by atoms with Gasteiger partial charge in [-0.2, -0.15) is 0 Å². The fourth-order valence-corrected chi connectivity index (χ4v) is 12.2. The summed E-state index contributed by atoms with van der Waals surface area (Å²) in [5.41, 5.74) is 0. The van der Waals surface area contributed by atoms with E-state index in [2.05, 4.69) is 67.8 Å². The molecule has 0 aromatic heterocycles. The van der Waals surface area contributed by atoms with E-state index in [-0.39, 0.29) is 18.5 Å². The minimum Gasteiger partial charge on any atom is -0.466 e. The van der Waals surface area contributed by atoms with Crippen molar-refractivity contribution in [2.75, 3.05) is 13.2 Å². The molecule has 516 valence electrons. The molecule has 0 aliphatic rings. The number of carbonyl (C=O) groups is 2. The highest BCUT2D eigenvalue weighted by Gasteiger charge is 2.18. The minimum absolute atomic E-state index is 0.00264. The molecule has 0 heterocycles. The lowest BCUT2D eigenvalue weighted by Gasteiger charge is -2.20. The van der Waals surface area contributed by atoms with E-state index in [0.29, 0.717) is 19.4 Å². The van der Waals surface area contributed by atoms with Crippen molar-refractivity contribution in [1.29, 1.82) is 0 Å². The van der Waals surface area contributed by atoms with Crippen LogP contribution in [0.1, 0.15) is 425 Å². The first-order valence-corrected chi connectivity index (χ1v) is 39.6. The number of esters is 1. The highest BCUT2D eigenvalue weighted by molar-refractivity contribution is 5.76. The second-order valence-electron chi connectivity index (χ2n) is 27.0. The fourth-order valence-electron chi connectivity index (χ4n) is 12.2. The van der Waals surface area contributed by atoms with Crippen molar-refractivity contribution in [3.63, 3.8) is 0 Å². The van der Waals surface area contributed by atoms with E-state index in [1.807, 2.05) is 6.08 Å². The molecule has 88 heavy (non-hydrogen) atoms. The summed E-state index contributed by atoms with van der Waals surface area (Å²) in [5, 5.41) is 23.3. The maximum absolute atomic E-state index is 12.5. The van der Waals surface area contributed by atoms with Gasteiger partial charge in [0.15, 0.2) is 0 Å². The molecule has 6 heteroatoms. The van der Waals surface area contributed by atoms with E-state index in [1.165, 1.54) is 340 Å². The van der Waals surface area contributed by atoms with E-state index in [0.717, 1.165) is 57.8 Å². The van der Waals surface area contributed by atoms with Crippen molar-refractivity contribution in [3.8, 4) is 0 Å². The lowest BCUT2D eigenvalue weighted by molar-refractivity contribution is -0.143. The van der Waals surface area contributed by atoms with E-state index in [1.54, 1.807) is 6.08 Å². The SMILES string of the molecule is CCCCC/C=C\C/C=C\CCCCCCCC(=O)OCCCCCCCCCCCCC/C=C\C/C=C\CCCCCCCCCCCCCCCCCCCC(=O)NC(CO)C(O)/C=C/CCCCCCCCCCCCCCCCCCCCC. The first kappa shape index (κ1) is 85.6. The Morgan fingerprint density at radius 1 is 0.318 bits per heavy atom. The largest absolute Gasteiger partial charge is 0.466 e. The molecule has 1 amide bonds. The Balaban J connectivity index is 3.40. The molecule has 3 N–H and O–H groups in total. The molecular formula is C82H153NO5. The summed E-state index contributed by atoms with van der Waals surface area (Å²) in [7, 11) is 0. The van der Waals surface area contributed by atoms with Crippen LogP contribution in [0.4, 0.5) is 0 Å². The van der Waals surface area contributed by atoms with Crippen molar-refractivity contribution in [2.45, 2.75) is 437 Å². The van der Waals surface area contributed by atoms with Gasteiger partial charge in [0.05, 0.1) is 25.4 Å². The topological polar surface area (TPSA) is 95.9 Å². The fraction of sp³-hybridized carbons (Fsp3) is 0.854. The summed E-state index contributed by atoms with van der Waals surface area (Å²) in [5.74, 6) is -0.0593. The average Bonchev–Trinajstić information content (AvgIpc) is 3.58. The molecule has 0 aromatic rings. The highest BCUT2D eigenvalue weighted by atomic mass is 16.5. The second-order valence-corrected chi connectivity index (χ2v) is 27.0. The van der Waals surface area contributed by atoms with E-state index in [9.17, 15) is 19.8 Å². The number of ether oxygens (including phenoxy) is 1. The number of carbonyl (C=O) groups excluding carboxylic acids is 2. The van der Waals surface area contributed by atoms with Gasteiger partial charge in [0.25, 0.3) is 0 Å². The molecule has 6 nitrogen and oxygen atoms in total. The average molecular weight is 1230 g/mol. The maximum Gasteiger partial charge on any atom is 0.305 e. The van der Waals surface area contributed by atoms with Gasteiger partial charge in [-0.15, -0.1) is 0 Å². The lowest BCUT2D eigenvalue weighted by Crippen LogP contribution is -2.45. The third-order valence-electron chi connectivity index (χ3n) is 18.3. The molecule has 0 saturated carbocycles. The first-order valence-electron chi connectivity index (χ1n) is 39.6. The van der Waals surface area contributed by atoms with Crippen LogP contribution in [-0.4, -0.2) is 47.4 Å². The van der Waals surface area contributed by atoms with Crippen molar-refractivity contribution in [2.24, 2.45) is 0 Å². The van der Waals surface area contributed by atoms with Crippen LogP contribution in [0, 0.1) is 0 Å². The highest BCUT2D eigenvalue weighted by Crippen LogP contribution is 2.19. The van der Waals surface area contributed by atoms with Gasteiger partial charge in [0.2, 0.25) is 5.91 Å². The lowest BCUT2D eigenvalue weighted by atomic mass is 10.0. The zero-order valence-corrected chi connectivity index (χ0v) is 59.2. The molecular weight excluding hydrogens is 1080 g/mol. The van der Waals surface area contributed by atoms with Gasteiger partial charge in [-0.1, -0.05) is 376 Å². The molecule has 0 fully saturated rings. The zero-order valence-electron chi connectivity index (χ0n) is 59.2. The number of unbranched alkanes of at least 4 members (excludes halogenated alkanes) is 55. The number of aliphatic hydroxyl groups is 2. The third-order valence-corrected chi connectivity index (χ3v) is 18.3. The van der Waals surface area contributed by atoms with Gasteiger partial charge in [-0.05, 0) is 96.3 Å². The summed E-state index contributed by atoms with van der Waals surface area (Å²) < 4.78 is 5.49. The smallest absolute Gasteiger partial charge is 0.305 e. The molecule has 0 bridgehead atoms. The number of rotatable bonds is 74. The summed E-state index contributed by atoms with van der Waals surface area (Å²) in [6.07, 6.45) is 103. The Morgan fingerprint density at radius 2 is 0.568 bits per heavy atom. The van der Waals surface area contributed by atoms with E-state index < -0.39 is 12.1 Å². The van der Waals surface area contributed by atoms with Crippen LogP contribution >= 0.6 is 0 Å². The van der Waals surface area contributed by atoms with Crippen molar-refractivity contribution in [3.05, 3.63) is 60.8 Å². The summed E-state index contributed by atoms with van der Waals surface area (Å²) >= 11 is 0. The van der Waals surface area contributed by atoms with Gasteiger partial charge in [-0.25, -0.2) is 0 Å². The predicted molar refractivity (Wildman–Crippen MR) is 389 cm³/mol. The molecule has 0 rings (SSSR count). The third kappa shape index (κ3) is 72.6. The van der Waals surface area contributed by atoms with Crippen LogP contribution < -0.4 is 5.32 Å². The number of allylic oxidation sites excluding steroid dienone is 9. The molecule has 0 aliphatic carbocycles. The number of aliphatic hydroxyl groups excluding tert-OH is 2. The minimum atomic E-state index is -0.845. The Hall–Kier alpha value is -2.44. The van der Waals surface area contributed by atoms with Crippen LogP contribution in [0.2, 0.25) is 0 Å². The van der Waals surface area contributed by atoms with Crippen LogP contribution in [0.5, 0.6) is 0 Å². The van der Waals surface area contributed by atoms with Gasteiger partial charge in [-0.3, -0.25) is 9.59 Å². The number of hydrogen-bond acceptors (Lipinski definition) is 5. The van der Waals surface area contributed by atoms with Crippen LogP contribution in [0.25, 0.3) is 0 Å². The standard InChI is InChI=1S/C82H153NO5/c1-3-5-7-9-11-13-15-17-19-20-21-37-40-43-47-50-54-58-62-66-70-74-80(85)79(78-84)83-81(86)75-71-67-63-59-55-51-48-44-41-38-35-33-31-29-27-25-23-22-24-26-28-30-32-34-36-39-42-45-49-53-57-61-65-69-73-77-88-82(87)76-72-68-64-60-56-52-46-18-16-14-12-10-8-6-4-2/h12,14,18,24,26,30,32,46,70,74,79-80,84-85H,3-11,13,15-17,19-23,25,27-29,31,33-45,47-69,71-73,75-78H2,1-2H3,(H,83,86)/b14-12-,26-24-,32-30-,46-18-,74-70+. The van der Waals surface area contributed by atoms with E-state index in [4.69, 9.17) is 4.74 Å². The second kappa shape index (κ2) is 77.0. The number of amides is 1. The van der Waals surface area contributed by atoms with Crippen LogP contribution in [0.15, 0.2) is 60.8 Å². The molecule has 2 atom stereocenters. The van der Waals surface area contributed by atoms with Gasteiger partial charge in [0.1, 0.15) is 0 Å². The summed E-state index contributed by atoms with van der Waals surface area (Å²) in [6, 6.07) is -0.628. The Bertz CT molecular complexity index is 1520. The van der Waals surface area contributed by atoms with Crippen LogP contribution in [0.3, 0.4) is 0 Å². The van der Waals surface area contributed by atoms with Crippen molar-refractivity contribution in [1.82, 2.24) is 5.32 Å². The van der Waals surface area contributed by atoms with Crippen molar-refractivity contribution < 1.29 is 24.5 Å². The molecule has 0 saturated heterocycles.